The first kappa shape index (κ1) is 16.3. The first-order chi connectivity index (χ1) is 9.77. The minimum atomic E-state index is -3.74. The maximum absolute atomic E-state index is 12.3. The van der Waals surface area contributed by atoms with Gasteiger partial charge in [-0.15, -0.1) is 0 Å². The predicted octanol–water partition coefficient (Wildman–Crippen LogP) is 3.69. The van der Waals surface area contributed by atoms with Crippen molar-refractivity contribution in [2.75, 3.05) is 5.32 Å². The van der Waals surface area contributed by atoms with Crippen LogP contribution in [0.25, 0.3) is 0 Å². The number of hydrogen-bond acceptors (Lipinski definition) is 3. The Balaban J connectivity index is 2.08. The van der Waals surface area contributed by atoms with Gasteiger partial charge in [-0.25, -0.2) is 8.42 Å². The van der Waals surface area contributed by atoms with Gasteiger partial charge in [0.05, 0.1) is 4.90 Å². The molecule has 0 spiro atoms. The predicted molar refractivity (Wildman–Crippen MR) is 84.0 cm³/mol. The molecule has 1 amide bonds. The Bertz CT molecular complexity index is 634. The van der Waals surface area contributed by atoms with Crippen LogP contribution in [0.3, 0.4) is 0 Å². The Labute approximate surface area is 130 Å². The second-order valence-electron chi connectivity index (χ2n) is 5.86. The molecule has 1 aliphatic rings. The highest BCUT2D eigenvalue weighted by Crippen LogP contribution is 2.30. The van der Waals surface area contributed by atoms with Gasteiger partial charge in [0.1, 0.15) is 0 Å². The summed E-state index contributed by atoms with van der Waals surface area (Å²) in [7, 11) is 1.57. The molecule has 0 unspecified atom stereocenters. The molecule has 21 heavy (non-hydrogen) atoms. The van der Waals surface area contributed by atoms with Crippen LogP contribution in [0.5, 0.6) is 0 Å². The summed E-state index contributed by atoms with van der Waals surface area (Å²) >= 11 is 0. The number of carbonyl (C=O) groups is 1. The van der Waals surface area contributed by atoms with Crippen molar-refractivity contribution in [3.8, 4) is 0 Å². The molecule has 6 heteroatoms. The van der Waals surface area contributed by atoms with Crippen molar-refractivity contribution in [1.82, 2.24) is 0 Å². The van der Waals surface area contributed by atoms with Gasteiger partial charge in [0.15, 0.2) is 0 Å². The highest BCUT2D eigenvalue weighted by molar-refractivity contribution is 8.13. The van der Waals surface area contributed by atoms with Crippen LogP contribution in [0.2, 0.25) is 0 Å². The lowest BCUT2D eigenvalue weighted by Crippen LogP contribution is -2.26. The van der Waals surface area contributed by atoms with Crippen molar-refractivity contribution in [3.63, 3.8) is 0 Å². The van der Waals surface area contributed by atoms with E-state index in [0.717, 1.165) is 25.7 Å². The number of nitrogens with one attached hydrogen (secondary N) is 1. The molecule has 1 aromatic carbocycles. The Hall–Kier alpha value is -1.07. The Morgan fingerprint density at radius 2 is 1.86 bits per heavy atom. The van der Waals surface area contributed by atoms with E-state index in [1.165, 1.54) is 12.1 Å². The number of halogens is 1. The average molecular weight is 330 g/mol. The lowest BCUT2D eigenvalue weighted by Gasteiger charge is -2.25. The Morgan fingerprint density at radius 1 is 1.24 bits per heavy atom. The van der Waals surface area contributed by atoms with Crippen LogP contribution in [-0.4, -0.2) is 14.3 Å². The Morgan fingerprint density at radius 3 is 2.38 bits per heavy atom. The summed E-state index contributed by atoms with van der Waals surface area (Å²) < 4.78 is 22.5. The Kier molecular flexibility index (Phi) is 4.94. The number of rotatable bonds is 3. The van der Waals surface area contributed by atoms with Crippen LogP contribution < -0.4 is 5.32 Å². The summed E-state index contributed by atoms with van der Waals surface area (Å²) in [4.78, 5) is 12.3. The molecule has 2 rings (SSSR count). The third kappa shape index (κ3) is 4.20. The summed E-state index contributed by atoms with van der Waals surface area (Å²) in [6.07, 6.45) is 4.00. The molecule has 116 valence electrons. The zero-order valence-corrected chi connectivity index (χ0v) is 13.8. The maximum atomic E-state index is 12.3. The molecule has 1 saturated carbocycles. The largest absolute Gasteiger partial charge is 0.326 e. The number of benzene rings is 1. The molecule has 0 atom stereocenters. The summed E-state index contributed by atoms with van der Waals surface area (Å²) in [5, 5.41) is 2.90. The third-order valence-electron chi connectivity index (χ3n) is 4.12. The molecule has 4 nitrogen and oxygen atoms in total. The van der Waals surface area contributed by atoms with Gasteiger partial charge in [-0.05, 0) is 62.3 Å². The smallest absolute Gasteiger partial charge is 0.261 e. The van der Waals surface area contributed by atoms with Crippen molar-refractivity contribution >= 4 is 31.3 Å². The lowest BCUT2D eigenvalue weighted by molar-refractivity contribution is -0.121. The van der Waals surface area contributed by atoms with Crippen LogP contribution >= 0.6 is 10.7 Å². The fourth-order valence-electron chi connectivity index (χ4n) is 2.69. The molecule has 0 heterocycles. The van der Waals surface area contributed by atoms with Gasteiger partial charge in [-0.2, -0.15) is 0 Å². The zero-order chi connectivity index (χ0) is 15.6. The summed E-state index contributed by atoms with van der Waals surface area (Å²) in [6, 6.07) is 4.47. The SMILES string of the molecule is Cc1cc(S(=O)(=O)Cl)ccc1NC(=O)C1CCC(C)CC1. The third-order valence-corrected chi connectivity index (χ3v) is 5.48. The minimum Gasteiger partial charge on any atom is -0.326 e. The number of amides is 1. The number of anilines is 1. The molecule has 0 saturated heterocycles. The van der Waals surface area contributed by atoms with Crippen molar-refractivity contribution in [2.24, 2.45) is 11.8 Å². The lowest BCUT2D eigenvalue weighted by atomic mass is 9.82. The molecule has 1 fully saturated rings. The van der Waals surface area contributed by atoms with Gasteiger partial charge in [0, 0.05) is 22.3 Å². The van der Waals surface area contributed by atoms with Gasteiger partial charge in [0.2, 0.25) is 5.91 Å². The second kappa shape index (κ2) is 6.36. The van der Waals surface area contributed by atoms with E-state index >= 15 is 0 Å². The minimum absolute atomic E-state index is 0.0199. The zero-order valence-electron chi connectivity index (χ0n) is 12.2. The fourth-order valence-corrected chi connectivity index (χ4v) is 3.52. The quantitative estimate of drug-likeness (QED) is 0.860. The van der Waals surface area contributed by atoms with Crippen LogP contribution in [-0.2, 0) is 13.8 Å². The van der Waals surface area contributed by atoms with Crippen molar-refractivity contribution < 1.29 is 13.2 Å². The van der Waals surface area contributed by atoms with E-state index in [0.29, 0.717) is 17.2 Å². The topological polar surface area (TPSA) is 63.2 Å². The van der Waals surface area contributed by atoms with Gasteiger partial charge in [-0.1, -0.05) is 6.92 Å². The van der Waals surface area contributed by atoms with Crippen LogP contribution in [0.4, 0.5) is 5.69 Å². The van der Waals surface area contributed by atoms with Crippen molar-refractivity contribution in [3.05, 3.63) is 23.8 Å². The van der Waals surface area contributed by atoms with Crippen LogP contribution in [0, 0.1) is 18.8 Å². The molecule has 0 radical (unpaired) electrons. The normalized spacial score (nSPS) is 22.8. The number of carbonyl (C=O) groups excluding carboxylic acids is 1. The monoisotopic (exact) mass is 329 g/mol. The van der Waals surface area contributed by atoms with E-state index in [2.05, 4.69) is 12.2 Å². The summed E-state index contributed by atoms with van der Waals surface area (Å²) in [5.41, 5.74) is 1.33. The van der Waals surface area contributed by atoms with Gasteiger partial charge in [0.25, 0.3) is 9.05 Å². The first-order valence-corrected chi connectivity index (χ1v) is 9.44. The maximum Gasteiger partial charge on any atom is 0.261 e. The molecule has 0 aromatic heterocycles. The highest BCUT2D eigenvalue weighted by atomic mass is 35.7. The van der Waals surface area contributed by atoms with Crippen LogP contribution in [0.1, 0.15) is 38.2 Å². The molecule has 1 aromatic rings. The van der Waals surface area contributed by atoms with E-state index in [9.17, 15) is 13.2 Å². The average Bonchev–Trinajstić information content (AvgIpc) is 2.40. The summed E-state index contributed by atoms with van der Waals surface area (Å²) in [5.74, 6) is 0.771. The highest BCUT2D eigenvalue weighted by Gasteiger charge is 2.24. The molecular weight excluding hydrogens is 310 g/mol. The van der Waals surface area contributed by atoms with Gasteiger partial charge >= 0.3 is 0 Å². The standard InChI is InChI=1S/C15H20ClNO3S/c1-10-3-5-12(6-4-10)15(18)17-14-8-7-13(9-11(14)2)21(16,19)20/h7-10,12H,3-6H2,1-2H3,(H,17,18). The summed E-state index contributed by atoms with van der Waals surface area (Å²) in [6.45, 7) is 3.97. The van der Waals surface area contributed by atoms with E-state index in [-0.39, 0.29) is 16.7 Å². The molecule has 0 bridgehead atoms. The second-order valence-corrected chi connectivity index (χ2v) is 8.43. The van der Waals surface area contributed by atoms with Crippen molar-refractivity contribution in [1.29, 1.82) is 0 Å². The van der Waals surface area contributed by atoms with E-state index in [1.54, 1.807) is 13.0 Å². The van der Waals surface area contributed by atoms with E-state index in [4.69, 9.17) is 10.7 Å². The number of aryl methyl sites for hydroxylation is 1. The van der Waals surface area contributed by atoms with Crippen molar-refractivity contribution in [2.45, 2.75) is 44.4 Å². The van der Waals surface area contributed by atoms with Crippen LogP contribution in [0.15, 0.2) is 23.1 Å². The molecule has 1 aliphatic carbocycles. The fraction of sp³-hybridized carbons (Fsp3) is 0.533. The molecule has 0 aliphatic heterocycles. The molecular formula is C15H20ClNO3S. The van der Waals surface area contributed by atoms with Gasteiger partial charge < -0.3 is 5.32 Å². The first-order valence-electron chi connectivity index (χ1n) is 7.13. The van der Waals surface area contributed by atoms with E-state index < -0.39 is 9.05 Å². The molecule has 1 N–H and O–H groups in total. The van der Waals surface area contributed by atoms with E-state index in [1.807, 2.05) is 0 Å². The van der Waals surface area contributed by atoms with Gasteiger partial charge in [-0.3, -0.25) is 4.79 Å². The number of hydrogen-bond donors (Lipinski definition) is 1.